The summed E-state index contributed by atoms with van der Waals surface area (Å²) in [7, 11) is 1.65. The molecule has 0 spiro atoms. The molecule has 19 heavy (non-hydrogen) atoms. The first kappa shape index (κ1) is 14.9. The van der Waals surface area contributed by atoms with Gasteiger partial charge in [0.1, 0.15) is 5.69 Å². The molecule has 0 aliphatic carbocycles. The van der Waals surface area contributed by atoms with Gasteiger partial charge in [0, 0.05) is 27.1 Å². The lowest BCUT2D eigenvalue weighted by Gasteiger charge is -2.19. The summed E-state index contributed by atoms with van der Waals surface area (Å²) in [4.78, 5) is 22.4. The normalized spacial score (nSPS) is 10.1. The zero-order chi connectivity index (χ0) is 14.4. The number of nitrogens with zero attached hydrogens (tertiary/aromatic N) is 2. The summed E-state index contributed by atoms with van der Waals surface area (Å²) in [5, 5.41) is 13.5. The van der Waals surface area contributed by atoms with Crippen LogP contribution < -0.4 is 10.2 Å². The van der Waals surface area contributed by atoms with E-state index < -0.39 is 16.4 Å². The SMILES string of the molecule is CC(=O)NCCCN(C)c1cccc(F)c1[N+](=O)[O-]. The number of hydrogen-bond acceptors (Lipinski definition) is 4. The molecule has 0 unspecified atom stereocenters. The summed E-state index contributed by atoms with van der Waals surface area (Å²) in [6, 6.07) is 3.99. The van der Waals surface area contributed by atoms with Crippen LogP contribution in [0.25, 0.3) is 0 Å². The van der Waals surface area contributed by atoms with Gasteiger partial charge in [0.15, 0.2) is 0 Å². The van der Waals surface area contributed by atoms with Crippen molar-refractivity contribution >= 4 is 17.3 Å². The maximum atomic E-state index is 13.4. The number of hydrogen-bond donors (Lipinski definition) is 1. The number of halogens is 1. The van der Waals surface area contributed by atoms with Crippen LogP contribution in [0.4, 0.5) is 15.8 Å². The summed E-state index contributed by atoms with van der Waals surface area (Å²) >= 11 is 0. The van der Waals surface area contributed by atoms with Crippen molar-refractivity contribution in [3.8, 4) is 0 Å². The van der Waals surface area contributed by atoms with Crippen LogP contribution in [-0.2, 0) is 4.79 Å². The maximum absolute atomic E-state index is 13.4. The standard InChI is InChI=1S/C12H16FN3O3/c1-9(17)14-7-4-8-15(2)11-6-3-5-10(13)12(11)16(18)19/h3,5-6H,4,7-8H2,1-2H3,(H,14,17). The number of amides is 1. The van der Waals surface area contributed by atoms with Gasteiger partial charge < -0.3 is 10.2 Å². The van der Waals surface area contributed by atoms with E-state index in [-0.39, 0.29) is 11.6 Å². The lowest BCUT2D eigenvalue weighted by atomic mass is 10.2. The highest BCUT2D eigenvalue weighted by molar-refractivity contribution is 5.72. The van der Waals surface area contributed by atoms with E-state index in [1.54, 1.807) is 11.9 Å². The number of para-hydroxylation sites is 1. The highest BCUT2D eigenvalue weighted by Gasteiger charge is 2.21. The molecule has 0 aliphatic heterocycles. The molecule has 0 aromatic heterocycles. The van der Waals surface area contributed by atoms with Gasteiger partial charge in [0.25, 0.3) is 0 Å². The molecule has 0 saturated heterocycles. The molecule has 0 atom stereocenters. The molecule has 104 valence electrons. The van der Waals surface area contributed by atoms with Gasteiger partial charge in [-0.05, 0) is 18.6 Å². The van der Waals surface area contributed by atoms with Crippen molar-refractivity contribution in [1.29, 1.82) is 0 Å². The van der Waals surface area contributed by atoms with Crippen LogP contribution in [-0.4, -0.2) is 31.0 Å². The van der Waals surface area contributed by atoms with E-state index in [0.29, 0.717) is 19.5 Å². The zero-order valence-electron chi connectivity index (χ0n) is 10.9. The van der Waals surface area contributed by atoms with E-state index in [9.17, 15) is 19.3 Å². The molecule has 0 bridgehead atoms. The van der Waals surface area contributed by atoms with Crippen LogP contribution in [0.5, 0.6) is 0 Å². The van der Waals surface area contributed by atoms with Gasteiger partial charge >= 0.3 is 5.69 Å². The first-order valence-electron chi connectivity index (χ1n) is 5.82. The van der Waals surface area contributed by atoms with Crippen molar-refractivity contribution in [3.63, 3.8) is 0 Å². The number of anilines is 1. The Morgan fingerprint density at radius 2 is 2.21 bits per heavy atom. The molecule has 1 amide bonds. The molecule has 0 saturated carbocycles. The van der Waals surface area contributed by atoms with Gasteiger partial charge in [0.2, 0.25) is 11.7 Å². The summed E-state index contributed by atoms with van der Waals surface area (Å²) in [5.41, 5.74) is -0.294. The van der Waals surface area contributed by atoms with Crippen LogP contribution in [0, 0.1) is 15.9 Å². The van der Waals surface area contributed by atoms with Crippen LogP contribution in [0.3, 0.4) is 0 Å². The van der Waals surface area contributed by atoms with Gasteiger partial charge in [-0.25, -0.2) is 0 Å². The first-order chi connectivity index (χ1) is 8.93. The van der Waals surface area contributed by atoms with E-state index in [4.69, 9.17) is 0 Å². The highest BCUT2D eigenvalue weighted by Crippen LogP contribution is 2.29. The van der Waals surface area contributed by atoms with Crippen molar-refractivity contribution in [1.82, 2.24) is 5.32 Å². The molecule has 0 fully saturated rings. The third kappa shape index (κ3) is 4.20. The molecule has 1 aromatic rings. The molecule has 1 aromatic carbocycles. The second-order valence-electron chi connectivity index (χ2n) is 4.12. The van der Waals surface area contributed by atoms with E-state index in [1.807, 2.05) is 0 Å². The Hall–Kier alpha value is -2.18. The molecule has 0 aliphatic rings. The Labute approximate surface area is 110 Å². The van der Waals surface area contributed by atoms with Crippen molar-refractivity contribution in [2.75, 3.05) is 25.0 Å². The zero-order valence-corrected chi connectivity index (χ0v) is 10.9. The number of nitro groups is 1. The fourth-order valence-electron chi connectivity index (χ4n) is 1.69. The third-order valence-electron chi connectivity index (χ3n) is 2.60. The predicted octanol–water partition coefficient (Wildman–Crippen LogP) is 1.70. The second kappa shape index (κ2) is 6.67. The van der Waals surface area contributed by atoms with E-state index >= 15 is 0 Å². The Kier molecular flexibility index (Phi) is 5.23. The van der Waals surface area contributed by atoms with Crippen LogP contribution in [0.1, 0.15) is 13.3 Å². The number of carbonyl (C=O) groups excluding carboxylic acids is 1. The number of nitrogens with one attached hydrogen (secondary N) is 1. The molecule has 1 rings (SSSR count). The second-order valence-corrected chi connectivity index (χ2v) is 4.12. The third-order valence-corrected chi connectivity index (χ3v) is 2.60. The monoisotopic (exact) mass is 269 g/mol. The van der Waals surface area contributed by atoms with Gasteiger partial charge in [-0.3, -0.25) is 14.9 Å². The number of nitro benzene ring substituents is 1. The van der Waals surface area contributed by atoms with E-state index in [2.05, 4.69) is 5.32 Å². The lowest BCUT2D eigenvalue weighted by Crippen LogP contribution is -2.26. The fraction of sp³-hybridized carbons (Fsp3) is 0.417. The number of carbonyl (C=O) groups is 1. The minimum absolute atomic E-state index is 0.126. The van der Waals surface area contributed by atoms with Crippen molar-refractivity contribution in [2.45, 2.75) is 13.3 Å². The number of rotatable bonds is 6. The Balaban J connectivity index is 2.71. The molecular formula is C12H16FN3O3. The highest BCUT2D eigenvalue weighted by atomic mass is 19.1. The van der Waals surface area contributed by atoms with Gasteiger partial charge in [0.05, 0.1) is 4.92 Å². The van der Waals surface area contributed by atoms with Crippen molar-refractivity contribution in [2.24, 2.45) is 0 Å². The maximum Gasteiger partial charge on any atom is 0.327 e. The Bertz CT molecular complexity index is 479. The van der Waals surface area contributed by atoms with E-state index in [1.165, 1.54) is 19.1 Å². The quantitative estimate of drug-likeness (QED) is 0.484. The molecule has 0 heterocycles. The van der Waals surface area contributed by atoms with Crippen molar-refractivity contribution < 1.29 is 14.1 Å². The van der Waals surface area contributed by atoms with Crippen LogP contribution >= 0.6 is 0 Å². The first-order valence-corrected chi connectivity index (χ1v) is 5.82. The summed E-state index contributed by atoms with van der Waals surface area (Å²) in [6.45, 7) is 2.37. The summed E-state index contributed by atoms with van der Waals surface area (Å²) in [6.07, 6.45) is 0.615. The molecular weight excluding hydrogens is 253 g/mol. The number of benzene rings is 1. The van der Waals surface area contributed by atoms with Crippen molar-refractivity contribution in [3.05, 3.63) is 34.1 Å². The topological polar surface area (TPSA) is 75.5 Å². The summed E-state index contributed by atoms with van der Waals surface area (Å²) < 4.78 is 13.4. The fourth-order valence-corrected chi connectivity index (χ4v) is 1.69. The minimum atomic E-state index is -0.851. The molecule has 1 N–H and O–H groups in total. The largest absolute Gasteiger partial charge is 0.369 e. The van der Waals surface area contributed by atoms with Gasteiger partial charge in [-0.2, -0.15) is 4.39 Å². The summed E-state index contributed by atoms with van der Waals surface area (Å²) in [5.74, 6) is -0.976. The van der Waals surface area contributed by atoms with Gasteiger partial charge in [-0.1, -0.05) is 6.07 Å². The average Bonchev–Trinajstić information content (AvgIpc) is 2.33. The lowest BCUT2D eigenvalue weighted by molar-refractivity contribution is -0.386. The molecule has 7 heteroatoms. The predicted molar refractivity (Wildman–Crippen MR) is 69.6 cm³/mol. The smallest absolute Gasteiger partial charge is 0.327 e. The molecule has 6 nitrogen and oxygen atoms in total. The average molecular weight is 269 g/mol. The van der Waals surface area contributed by atoms with Crippen LogP contribution in [0.2, 0.25) is 0 Å². The van der Waals surface area contributed by atoms with Gasteiger partial charge in [-0.15, -0.1) is 0 Å². The minimum Gasteiger partial charge on any atom is -0.369 e. The molecule has 0 radical (unpaired) electrons. The Morgan fingerprint density at radius 1 is 1.53 bits per heavy atom. The van der Waals surface area contributed by atoms with Crippen LogP contribution in [0.15, 0.2) is 18.2 Å². The van der Waals surface area contributed by atoms with E-state index in [0.717, 1.165) is 6.07 Å². The Morgan fingerprint density at radius 3 is 2.79 bits per heavy atom.